The van der Waals surface area contributed by atoms with E-state index in [1.54, 1.807) is 0 Å². The van der Waals surface area contributed by atoms with Gasteiger partial charge in [0.15, 0.2) is 0 Å². The second kappa shape index (κ2) is 8.80. The molecular weight excluding hydrogens is 298 g/mol. The second-order valence-electron chi connectivity index (χ2n) is 3.50. The molecule has 0 saturated heterocycles. The average molecular weight is 312 g/mol. The Hall–Kier alpha value is -0.237. The molecule has 3 heteroatoms. The molecule has 0 fully saturated rings. The summed E-state index contributed by atoms with van der Waals surface area (Å²) in [6.45, 7) is 0. The van der Waals surface area contributed by atoms with Crippen LogP contribution in [0.15, 0.2) is 60.7 Å². The minimum absolute atomic E-state index is 0. The second-order valence-corrected chi connectivity index (χ2v) is 5.96. The molecule has 2 aromatic rings. The SMILES string of the molecule is [Zn].c1ccc(CSSCc2ccccc2)cc1. The summed E-state index contributed by atoms with van der Waals surface area (Å²) in [5.41, 5.74) is 2.79. The molecule has 0 spiro atoms. The van der Waals surface area contributed by atoms with E-state index in [0.717, 1.165) is 11.5 Å². The third-order valence-electron chi connectivity index (χ3n) is 2.22. The summed E-state index contributed by atoms with van der Waals surface area (Å²) < 4.78 is 0. The fourth-order valence-corrected chi connectivity index (χ4v) is 3.51. The van der Waals surface area contributed by atoms with Crippen molar-refractivity contribution in [3.8, 4) is 0 Å². The number of benzene rings is 2. The Balaban J connectivity index is 0.00000144. The quantitative estimate of drug-likeness (QED) is 0.443. The Morgan fingerprint density at radius 2 is 0.941 bits per heavy atom. The van der Waals surface area contributed by atoms with Crippen LogP contribution in [-0.4, -0.2) is 0 Å². The van der Waals surface area contributed by atoms with Gasteiger partial charge in [-0.3, -0.25) is 0 Å². The number of hydrogen-bond donors (Lipinski definition) is 0. The van der Waals surface area contributed by atoms with E-state index in [9.17, 15) is 0 Å². The smallest absolute Gasteiger partial charge is 0.0288 e. The van der Waals surface area contributed by atoms with Gasteiger partial charge >= 0.3 is 0 Å². The van der Waals surface area contributed by atoms with E-state index < -0.39 is 0 Å². The van der Waals surface area contributed by atoms with Crippen LogP contribution in [0.1, 0.15) is 11.1 Å². The largest absolute Gasteiger partial charge is 0.0890 e. The Morgan fingerprint density at radius 3 is 1.29 bits per heavy atom. The topological polar surface area (TPSA) is 0 Å². The maximum absolute atomic E-state index is 2.18. The molecule has 17 heavy (non-hydrogen) atoms. The third kappa shape index (κ3) is 5.76. The summed E-state index contributed by atoms with van der Waals surface area (Å²) >= 11 is 0. The van der Waals surface area contributed by atoms with E-state index in [1.165, 1.54) is 11.1 Å². The van der Waals surface area contributed by atoms with Gasteiger partial charge in [-0.1, -0.05) is 82.3 Å². The maximum atomic E-state index is 2.18. The molecular formula is C14H14S2Zn. The first kappa shape index (κ1) is 14.8. The summed E-state index contributed by atoms with van der Waals surface area (Å²) in [6.07, 6.45) is 0. The van der Waals surface area contributed by atoms with Crippen molar-refractivity contribution in [2.45, 2.75) is 11.5 Å². The number of rotatable bonds is 5. The summed E-state index contributed by atoms with van der Waals surface area (Å²) in [5, 5.41) is 0. The van der Waals surface area contributed by atoms with Crippen LogP contribution >= 0.6 is 21.6 Å². The van der Waals surface area contributed by atoms with Crippen LogP contribution < -0.4 is 0 Å². The van der Waals surface area contributed by atoms with E-state index in [0.29, 0.717) is 0 Å². The van der Waals surface area contributed by atoms with Crippen molar-refractivity contribution in [1.29, 1.82) is 0 Å². The van der Waals surface area contributed by atoms with Crippen LogP contribution in [0, 0.1) is 0 Å². The van der Waals surface area contributed by atoms with Crippen molar-refractivity contribution in [1.82, 2.24) is 0 Å². The molecule has 0 aliphatic heterocycles. The molecule has 0 aromatic heterocycles. The first-order valence-corrected chi connectivity index (χ1v) is 7.76. The van der Waals surface area contributed by atoms with Crippen LogP contribution in [0.5, 0.6) is 0 Å². The minimum atomic E-state index is 0. The summed E-state index contributed by atoms with van der Waals surface area (Å²) in [6, 6.07) is 21.2. The molecule has 0 unspecified atom stereocenters. The summed E-state index contributed by atoms with van der Waals surface area (Å²) in [5.74, 6) is 2.16. The molecule has 0 atom stereocenters. The fraction of sp³-hybridized carbons (Fsp3) is 0.143. The van der Waals surface area contributed by atoms with E-state index in [-0.39, 0.29) is 19.5 Å². The van der Waals surface area contributed by atoms with Gasteiger partial charge in [-0.25, -0.2) is 0 Å². The molecule has 0 amide bonds. The Kier molecular flexibility index (Phi) is 7.67. The molecule has 0 bridgehead atoms. The van der Waals surface area contributed by atoms with Crippen molar-refractivity contribution in [3.63, 3.8) is 0 Å². The molecule has 2 aromatic carbocycles. The molecule has 0 aliphatic carbocycles. The van der Waals surface area contributed by atoms with E-state index in [2.05, 4.69) is 60.7 Å². The van der Waals surface area contributed by atoms with Gasteiger partial charge in [0.1, 0.15) is 0 Å². The predicted molar refractivity (Wildman–Crippen MR) is 75.5 cm³/mol. The average Bonchev–Trinajstić information content (AvgIpc) is 2.37. The maximum Gasteiger partial charge on any atom is 0.0288 e. The molecule has 0 nitrogen and oxygen atoms in total. The van der Waals surface area contributed by atoms with Gasteiger partial charge in [0.2, 0.25) is 0 Å². The zero-order valence-corrected chi connectivity index (χ0v) is 14.3. The Morgan fingerprint density at radius 1 is 0.588 bits per heavy atom. The Bertz CT molecular complexity index is 362. The van der Waals surface area contributed by atoms with Gasteiger partial charge in [0.05, 0.1) is 0 Å². The van der Waals surface area contributed by atoms with Crippen molar-refractivity contribution in [2.24, 2.45) is 0 Å². The molecule has 0 radical (unpaired) electrons. The van der Waals surface area contributed by atoms with E-state index in [4.69, 9.17) is 0 Å². The van der Waals surface area contributed by atoms with Crippen LogP contribution in [0.2, 0.25) is 0 Å². The molecule has 2 rings (SSSR count). The Labute approximate surface area is 124 Å². The van der Waals surface area contributed by atoms with Crippen molar-refractivity contribution in [2.75, 3.05) is 0 Å². The standard InChI is InChI=1S/C14H14S2.Zn/c1-3-7-13(8-4-1)11-15-16-12-14-9-5-2-6-10-14;/h1-10H,11-12H2;. The van der Waals surface area contributed by atoms with Crippen LogP contribution in [0.4, 0.5) is 0 Å². The van der Waals surface area contributed by atoms with Crippen molar-refractivity contribution < 1.29 is 19.5 Å². The van der Waals surface area contributed by atoms with Gasteiger partial charge < -0.3 is 0 Å². The van der Waals surface area contributed by atoms with Gasteiger partial charge in [-0.2, -0.15) is 0 Å². The van der Waals surface area contributed by atoms with Gasteiger partial charge in [-0.05, 0) is 11.1 Å². The van der Waals surface area contributed by atoms with Gasteiger partial charge in [-0.15, -0.1) is 0 Å². The molecule has 0 N–H and O–H groups in total. The molecule has 0 saturated carbocycles. The summed E-state index contributed by atoms with van der Waals surface area (Å²) in [4.78, 5) is 0. The first-order chi connectivity index (χ1) is 7.95. The first-order valence-electron chi connectivity index (χ1n) is 5.27. The van der Waals surface area contributed by atoms with Crippen molar-refractivity contribution in [3.05, 3.63) is 71.8 Å². The van der Waals surface area contributed by atoms with Crippen LogP contribution in [0.25, 0.3) is 0 Å². The molecule has 0 heterocycles. The number of hydrogen-bond acceptors (Lipinski definition) is 2. The third-order valence-corrected chi connectivity index (χ3v) is 4.50. The molecule has 84 valence electrons. The summed E-state index contributed by atoms with van der Waals surface area (Å²) in [7, 11) is 3.84. The fourth-order valence-electron chi connectivity index (χ4n) is 1.37. The normalized spacial score (nSPS) is 9.65. The van der Waals surface area contributed by atoms with Crippen LogP contribution in [0.3, 0.4) is 0 Å². The van der Waals surface area contributed by atoms with Crippen molar-refractivity contribution >= 4 is 21.6 Å². The minimum Gasteiger partial charge on any atom is -0.0890 e. The molecule has 0 aliphatic rings. The van der Waals surface area contributed by atoms with E-state index in [1.807, 2.05) is 21.6 Å². The monoisotopic (exact) mass is 310 g/mol. The predicted octanol–water partition coefficient (Wildman–Crippen LogP) is 4.77. The van der Waals surface area contributed by atoms with Gasteiger partial charge in [0, 0.05) is 31.0 Å². The zero-order chi connectivity index (χ0) is 11.1. The zero-order valence-electron chi connectivity index (χ0n) is 9.71. The van der Waals surface area contributed by atoms with E-state index >= 15 is 0 Å². The van der Waals surface area contributed by atoms with Crippen LogP contribution in [-0.2, 0) is 31.0 Å². The van der Waals surface area contributed by atoms with Gasteiger partial charge in [0.25, 0.3) is 0 Å².